The predicted molar refractivity (Wildman–Crippen MR) is 107 cm³/mol. The van der Waals surface area contributed by atoms with Crippen LogP contribution in [-0.2, 0) is 34.2 Å². The zero-order valence-corrected chi connectivity index (χ0v) is 22.9. The molecule has 0 aliphatic heterocycles. The molecule has 27 heavy (non-hydrogen) atoms. The van der Waals surface area contributed by atoms with E-state index in [0.717, 1.165) is 0 Å². The molecule has 0 aromatic heterocycles. The van der Waals surface area contributed by atoms with Gasteiger partial charge in [-0.3, -0.25) is 0 Å². The van der Waals surface area contributed by atoms with Crippen LogP contribution in [-0.4, -0.2) is 9.52 Å². The summed E-state index contributed by atoms with van der Waals surface area (Å²) >= 11 is 0. The monoisotopic (exact) mass is 478 g/mol. The first-order valence-corrected chi connectivity index (χ1v) is 11.0. The molecule has 0 atom stereocenters. The van der Waals surface area contributed by atoms with Crippen molar-refractivity contribution < 1.29 is 58.9 Å². The molecule has 0 radical (unpaired) electrons. The number of rotatable bonds is 7. The Morgan fingerprint density at radius 3 is 1.89 bits per heavy atom. The summed E-state index contributed by atoms with van der Waals surface area (Å²) in [5.74, 6) is 0. The Kier molecular flexibility index (Phi) is 18.1. The van der Waals surface area contributed by atoms with E-state index < -0.39 is 0 Å². The van der Waals surface area contributed by atoms with Crippen molar-refractivity contribution >= 4 is 14.7 Å². The quantitative estimate of drug-likeness (QED) is 0.214. The van der Waals surface area contributed by atoms with E-state index in [4.69, 9.17) is 0 Å². The van der Waals surface area contributed by atoms with Gasteiger partial charge in [-0.25, -0.2) is 0 Å². The van der Waals surface area contributed by atoms with Crippen LogP contribution >= 0.6 is 0 Å². The van der Waals surface area contributed by atoms with Crippen LogP contribution in [0.2, 0.25) is 0 Å². The first kappa shape index (κ1) is 32.0. The molecule has 0 nitrogen and oxygen atoms in total. The van der Waals surface area contributed by atoms with E-state index in [1.165, 1.54) is 42.9 Å². The standard InChI is InChI=1S/C22H33Si.3ClH.Ti/c1-7-8-9-10-21-18(5)17(4)19(6)22(21)14-23-20-12-15(2)11-16(3)13-20;;;;/h11-13H,7-10,14,23H2,1-6H3;3*1H;/q-1;;;;+4/p-3. The molecule has 0 saturated heterocycles. The molecule has 2 aromatic carbocycles. The number of unbranched alkanes of at least 4 members (excludes halogenated alkanes) is 2. The molecule has 150 valence electrons. The van der Waals surface area contributed by atoms with Crippen molar-refractivity contribution in [3.63, 3.8) is 0 Å². The molecule has 0 saturated carbocycles. The Morgan fingerprint density at radius 1 is 0.815 bits per heavy atom. The van der Waals surface area contributed by atoms with Crippen LogP contribution in [0.3, 0.4) is 0 Å². The maximum atomic E-state index is 2.41. The van der Waals surface area contributed by atoms with Gasteiger partial charge in [-0.15, -0.1) is 0 Å². The molecule has 0 aliphatic rings. The van der Waals surface area contributed by atoms with Gasteiger partial charge in [0.1, 0.15) is 0 Å². The predicted octanol–water partition coefficient (Wildman–Crippen LogP) is -4.32. The molecule has 5 heteroatoms. The van der Waals surface area contributed by atoms with Gasteiger partial charge >= 0.3 is 21.7 Å². The molecule has 0 unspecified atom stereocenters. The largest absolute Gasteiger partial charge is 4.00 e. The van der Waals surface area contributed by atoms with Crippen molar-refractivity contribution in [1.29, 1.82) is 0 Å². The maximum absolute atomic E-state index is 2.41. The minimum absolute atomic E-state index is 0. The van der Waals surface area contributed by atoms with Crippen LogP contribution in [0.5, 0.6) is 0 Å². The Bertz CT molecular complexity index is 660. The smallest absolute Gasteiger partial charge is 1.00 e. The van der Waals surface area contributed by atoms with Gasteiger partial charge in [-0.1, -0.05) is 93.9 Å². The van der Waals surface area contributed by atoms with Gasteiger partial charge in [0.15, 0.2) is 0 Å². The summed E-state index contributed by atoms with van der Waals surface area (Å²) in [6.07, 6.45) is 5.30. The molecule has 2 aromatic rings. The topological polar surface area (TPSA) is 0 Å². The van der Waals surface area contributed by atoms with Crippen molar-refractivity contribution in [2.75, 3.05) is 0 Å². The summed E-state index contributed by atoms with van der Waals surface area (Å²) in [7, 11) is -0.226. The third-order valence-corrected chi connectivity index (χ3v) is 7.11. The molecular formula is C22H33Cl3SiTi. The van der Waals surface area contributed by atoms with Gasteiger partial charge in [0.05, 0.1) is 0 Å². The maximum Gasteiger partial charge on any atom is 4.00 e. The van der Waals surface area contributed by atoms with Crippen LogP contribution in [0, 0.1) is 34.6 Å². The fraction of sp³-hybridized carbons (Fsp3) is 0.500. The van der Waals surface area contributed by atoms with E-state index in [1.54, 1.807) is 33.0 Å². The normalized spacial score (nSPS) is 10.0. The minimum atomic E-state index is -0.226. The summed E-state index contributed by atoms with van der Waals surface area (Å²) < 4.78 is 0. The Hall–Kier alpha value is 0.371. The molecular weight excluding hydrogens is 447 g/mol. The van der Waals surface area contributed by atoms with E-state index in [2.05, 4.69) is 59.7 Å². The van der Waals surface area contributed by atoms with Gasteiger partial charge in [-0.2, -0.15) is 27.8 Å². The van der Waals surface area contributed by atoms with Gasteiger partial charge in [0, 0.05) is 9.52 Å². The Labute approximate surface area is 203 Å². The van der Waals surface area contributed by atoms with E-state index in [-0.39, 0.29) is 68.5 Å². The van der Waals surface area contributed by atoms with Gasteiger partial charge in [-0.05, 0) is 13.8 Å². The molecule has 0 spiro atoms. The second-order valence-electron chi connectivity index (χ2n) is 7.29. The van der Waals surface area contributed by atoms with Gasteiger partial charge in [0.25, 0.3) is 0 Å². The second-order valence-corrected chi connectivity index (χ2v) is 9.10. The molecule has 0 heterocycles. The SMILES string of the molecule is CCCCCc1c(C)c(C)c(C)[c-]1C[SiH2]c1cc(C)cc(C)c1.[Cl-].[Cl-].[Cl-].[Ti+4]. The zero-order chi connectivity index (χ0) is 17.0. The van der Waals surface area contributed by atoms with Crippen molar-refractivity contribution in [2.45, 2.75) is 73.3 Å². The molecule has 2 rings (SSSR count). The second kappa shape index (κ2) is 15.2. The number of hydrogen-bond donors (Lipinski definition) is 0. The molecule has 0 bridgehead atoms. The summed E-state index contributed by atoms with van der Waals surface area (Å²) in [5, 5.41) is 1.62. The minimum Gasteiger partial charge on any atom is -1.00 e. The van der Waals surface area contributed by atoms with E-state index >= 15 is 0 Å². The molecule has 0 aliphatic carbocycles. The van der Waals surface area contributed by atoms with Crippen LogP contribution in [0.25, 0.3) is 0 Å². The molecule has 0 fully saturated rings. The zero-order valence-electron chi connectivity index (χ0n) is 17.6. The Balaban J connectivity index is -0.00000144. The van der Waals surface area contributed by atoms with Crippen LogP contribution in [0.4, 0.5) is 0 Å². The molecule has 0 N–H and O–H groups in total. The first-order chi connectivity index (χ1) is 10.9. The van der Waals surface area contributed by atoms with Crippen LogP contribution in [0.15, 0.2) is 18.2 Å². The average Bonchev–Trinajstić information content (AvgIpc) is 2.69. The van der Waals surface area contributed by atoms with E-state index in [1.807, 2.05) is 0 Å². The Morgan fingerprint density at radius 2 is 1.37 bits per heavy atom. The summed E-state index contributed by atoms with van der Waals surface area (Å²) in [4.78, 5) is 0. The number of benzene rings is 1. The first-order valence-electron chi connectivity index (χ1n) is 9.25. The van der Waals surface area contributed by atoms with Gasteiger partial charge in [0.2, 0.25) is 0 Å². The fourth-order valence-corrected chi connectivity index (χ4v) is 6.05. The number of halogens is 3. The van der Waals surface area contributed by atoms with Crippen molar-refractivity contribution in [3.8, 4) is 0 Å². The van der Waals surface area contributed by atoms with Crippen LogP contribution in [0.1, 0.15) is 65.1 Å². The third-order valence-electron chi connectivity index (χ3n) is 5.37. The van der Waals surface area contributed by atoms with Gasteiger partial charge < -0.3 is 37.2 Å². The van der Waals surface area contributed by atoms with Crippen molar-refractivity contribution in [1.82, 2.24) is 0 Å². The average molecular weight is 480 g/mol. The summed E-state index contributed by atoms with van der Waals surface area (Å²) in [6.45, 7) is 13.7. The van der Waals surface area contributed by atoms with Crippen LogP contribution < -0.4 is 42.4 Å². The summed E-state index contributed by atoms with van der Waals surface area (Å²) in [5.41, 5.74) is 10.9. The fourth-order valence-electron chi connectivity index (χ4n) is 3.90. The number of hydrogen-bond acceptors (Lipinski definition) is 0. The van der Waals surface area contributed by atoms with E-state index in [9.17, 15) is 0 Å². The molecule has 0 amide bonds. The van der Waals surface area contributed by atoms with Crippen molar-refractivity contribution in [3.05, 3.63) is 57.1 Å². The van der Waals surface area contributed by atoms with Crippen molar-refractivity contribution in [2.24, 2.45) is 0 Å². The third kappa shape index (κ3) is 8.72. The summed E-state index contributed by atoms with van der Waals surface area (Å²) in [6, 6.07) is 8.43. The number of aryl methyl sites for hydroxylation is 2. The van der Waals surface area contributed by atoms with E-state index in [0.29, 0.717) is 0 Å².